The lowest BCUT2D eigenvalue weighted by atomic mass is 9.74. The molecule has 1 aliphatic carbocycles. The number of nitrogens with one attached hydrogen (secondary N) is 1. The third-order valence-corrected chi connectivity index (χ3v) is 5.17. The molecular formula is C12H26N2O2S. The molecule has 0 heterocycles. The highest BCUT2D eigenvalue weighted by atomic mass is 32.2. The average molecular weight is 262 g/mol. The fourth-order valence-corrected chi connectivity index (χ4v) is 4.00. The van der Waals surface area contributed by atoms with Crippen LogP contribution in [0.1, 0.15) is 52.4 Å². The summed E-state index contributed by atoms with van der Waals surface area (Å²) in [6.07, 6.45) is 5.82. The molecule has 1 unspecified atom stereocenters. The maximum Gasteiger partial charge on any atom is 0.211 e. The lowest BCUT2D eigenvalue weighted by Gasteiger charge is -2.38. The van der Waals surface area contributed by atoms with E-state index in [4.69, 9.17) is 5.73 Å². The maximum atomic E-state index is 11.9. The van der Waals surface area contributed by atoms with Gasteiger partial charge in [0.15, 0.2) is 0 Å². The van der Waals surface area contributed by atoms with Gasteiger partial charge in [0.25, 0.3) is 0 Å². The third-order valence-electron chi connectivity index (χ3n) is 3.70. The molecule has 0 radical (unpaired) electrons. The Balaban J connectivity index is 2.51. The van der Waals surface area contributed by atoms with Gasteiger partial charge in [-0.1, -0.05) is 26.7 Å². The fourth-order valence-electron chi connectivity index (χ4n) is 2.42. The summed E-state index contributed by atoms with van der Waals surface area (Å²) in [6.45, 7) is 4.86. The Kier molecular flexibility index (Phi) is 5.41. The molecule has 0 bridgehead atoms. The van der Waals surface area contributed by atoms with Crippen LogP contribution in [0.2, 0.25) is 0 Å². The monoisotopic (exact) mass is 262 g/mol. The summed E-state index contributed by atoms with van der Waals surface area (Å²) in [5, 5.41) is 0. The molecule has 4 nitrogen and oxygen atoms in total. The molecule has 0 aromatic carbocycles. The quantitative estimate of drug-likeness (QED) is 0.714. The number of hydrogen-bond donors (Lipinski definition) is 2. The molecule has 1 rings (SSSR count). The summed E-state index contributed by atoms with van der Waals surface area (Å²) in [6, 6.07) is 0.0964. The van der Waals surface area contributed by atoms with Gasteiger partial charge in [0.05, 0.1) is 5.75 Å². The van der Waals surface area contributed by atoms with Crippen molar-refractivity contribution in [3.8, 4) is 0 Å². The van der Waals surface area contributed by atoms with Crippen LogP contribution in [0.5, 0.6) is 0 Å². The zero-order chi connectivity index (χ0) is 12.9. The molecule has 102 valence electrons. The van der Waals surface area contributed by atoms with Gasteiger partial charge in [-0.15, -0.1) is 0 Å². The van der Waals surface area contributed by atoms with Crippen LogP contribution in [-0.2, 0) is 10.0 Å². The Morgan fingerprint density at radius 2 is 2.00 bits per heavy atom. The minimum atomic E-state index is -3.13. The number of nitrogens with two attached hydrogens (primary N) is 1. The Morgan fingerprint density at radius 1 is 1.29 bits per heavy atom. The summed E-state index contributed by atoms with van der Waals surface area (Å²) in [5.41, 5.74) is 5.45. The molecule has 0 aliphatic heterocycles. The van der Waals surface area contributed by atoms with Crippen molar-refractivity contribution in [1.29, 1.82) is 0 Å². The Labute approximate surface area is 105 Å². The molecule has 3 N–H and O–H groups in total. The molecule has 17 heavy (non-hydrogen) atoms. The van der Waals surface area contributed by atoms with E-state index in [2.05, 4.69) is 18.6 Å². The van der Waals surface area contributed by atoms with Crippen LogP contribution in [0.3, 0.4) is 0 Å². The zero-order valence-corrected chi connectivity index (χ0v) is 11.9. The van der Waals surface area contributed by atoms with Gasteiger partial charge in [-0.25, -0.2) is 13.1 Å². The minimum Gasteiger partial charge on any atom is -0.330 e. The smallest absolute Gasteiger partial charge is 0.211 e. The average Bonchev–Trinajstić information content (AvgIpc) is 2.21. The van der Waals surface area contributed by atoms with E-state index in [0.29, 0.717) is 13.0 Å². The standard InChI is InChI=1S/C12H26N2O2S/c1-12(2)8-4-3-7-11(12)14-17(15,16)10-6-5-9-13/h11,14H,3-10,13H2,1-2H3. The highest BCUT2D eigenvalue weighted by Crippen LogP contribution is 2.35. The number of hydrogen-bond acceptors (Lipinski definition) is 3. The Hall–Kier alpha value is -0.130. The van der Waals surface area contributed by atoms with Crippen LogP contribution in [0.15, 0.2) is 0 Å². The number of unbranched alkanes of at least 4 members (excludes halogenated alkanes) is 1. The molecule has 0 amide bonds. The van der Waals surface area contributed by atoms with Crippen molar-refractivity contribution in [3.05, 3.63) is 0 Å². The van der Waals surface area contributed by atoms with Gasteiger partial charge in [-0.05, 0) is 37.6 Å². The first-order valence-corrected chi connectivity index (χ1v) is 8.23. The molecule has 1 aliphatic rings. The predicted octanol–water partition coefficient (Wildman–Crippen LogP) is 1.61. The SMILES string of the molecule is CC1(C)CCCCC1NS(=O)(=O)CCCCN. The van der Waals surface area contributed by atoms with Crippen molar-refractivity contribution in [2.75, 3.05) is 12.3 Å². The Morgan fingerprint density at radius 3 is 2.59 bits per heavy atom. The second-order valence-electron chi connectivity index (χ2n) is 5.72. The summed E-state index contributed by atoms with van der Waals surface area (Å²) >= 11 is 0. The van der Waals surface area contributed by atoms with Crippen molar-refractivity contribution in [2.45, 2.75) is 58.4 Å². The zero-order valence-electron chi connectivity index (χ0n) is 11.0. The van der Waals surface area contributed by atoms with Crippen LogP contribution in [0.25, 0.3) is 0 Å². The van der Waals surface area contributed by atoms with Crippen molar-refractivity contribution < 1.29 is 8.42 Å². The third kappa shape index (κ3) is 4.94. The largest absolute Gasteiger partial charge is 0.330 e. The van der Waals surface area contributed by atoms with Crippen molar-refractivity contribution in [1.82, 2.24) is 4.72 Å². The van der Waals surface area contributed by atoms with Gasteiger partial charge < -0.3 is 5.73 Å². The molecular weight excluding hydrogens is 236 g/mol. The summed E-state index contributed by atoms with van der Waals surface area (Å²) < 4.78 is 26.7. The summed E-state index contributed by atoms with van der Waals surface area (Å²) in [5.74, 6) is 0.205. The van der Waals surface area contributed by atoms with Crippen LogP contribution in [0, 0.1) is 5.41 Å². The highest BCUT2D eigenvalue weighted by Gasteiger charge is 2.34. The van der Waals surface area contributed by atoms with E-state index >= 15 is 0 Å². The molecule has 1 fully saturated rings. The second-order valence-corrected chi connectivity index (χ2v) is 7.59. The lowest BCUT2D eigenvalue weighted by Crippen LogP contribution is -2.47. The molecule has 1 atom stereocenters. The van der Waals surface area contributed by atoms with Crippen LogP contribution < -0.4 is 10.5 Å². The van der Waals surface area contributed by atoms with Crippen molar-refractivity contribution in [2.24, 2.45) is 11.1 Å². The number of sulfonamides is 1. The van der Waals surface area contributed by atoms with Crippen LogP contribution in [-0.4, -0.2) is 26.8 Å². The van der Waals surface area contributed by atoms with E-state index < -0.39 is 10.0 Å². The highest BCUT2D eigenvalue weighted by molar-refractivity contribution is 7.89. The van der Waals surface area contributed by atoms with E-state index in [1.165, 1.54) is 6.42 Å². The second kappa shape index (κ2) is 6.16. The summed E-state index contributed by atoms with van der Waals surface area (Å²) in [7, 11) is -3.13. The summed E-state index contributed by atoms with van der Waals surface area (Å²) in [4.78, 5) is 0. The maximum absolute atomic E-state index is 11.9. The van der Waals surface area contributed by atoms with Gasteiger partial charge in [0, 0.05) is 6.04 Å². The van der Waals surface area contributed by atoms with Gasteiger partial charge in [-0.2, -0.15) is 0 Å². The molecule has 0 spiro atoms. The first-order chi connectivity index (χ1) is 7.87. The molecule has 0 aromatic rings. The van der Waals surface area contributed by atoms with Gasteiger partial charge in [-0.3, -0.25) is 0 Å². The van der Waals surface area contributed by atoms with E-state index in [-0.39, 0.29) is 17.2 Å². The fraction of sp³-hybridized carbons (Fsp3) is 1.00. The molecule has 0 aromatic heterocycles. The van der Waals surface area contributed by atoms with Gasteiger partial charge >= 0.3 is 0 Å². The van der Waals surface area contributed by atoms with Gasteiger partial charge in [0.1, 0.15) is 0 Å². The lowest BCUT2D eigenvalue weighted by molar-refractivity contribution is 0.188. The van der Waals surface area contributed by atoms with Crippen molar-refractivity contribution >= 4 is 10.0 Å². The van der Waals surface area contributed by atoms with Gasteiger partial charge in [0.2, 0.25) is 10.0 Å². The van der Waals surface area contributed by atoms with Crippen molar-refractivity contribution in [3.63, 3.8) is 0 Å². The molecule has 1 saturated carbocycles. The van der Waals surface area contributed by atoms with E-state index in [1.807, 2.05) is 0 Å². The first kappa shape index (κ1) is 14.9. The minimum absolute atomic E-state index is 0.0825. The predicted molar refractivity (Wildman–Crippen MR) is 71.2 cm³/mol. The van der Waals surface area contributed by atoms with Crippen LogP contribution in [0.4, 0.5) is 0 Å². The van der Waals surface area contributed by atoms with E-state index in [0.717, 1.165) is 25.7 Å². The Bertz CT molecular complexity index is 325. The van der Waals surface area contributed by atoms with E-state index in [9.17, 15) is 8.42 Å². The normalized spacial score (nSPS) is 24.8. The topological polar surface area (TPSA) is 72.2 Å². The first-order valence-electron chi connectivity index (χ1n) is 6.57. The van der Waals surface area contributed by atoms with E-state index in [1.54, 1.807) is 0 Å². The van der Waals surface area contributed by atoms with Crippen LogP contribution >= 0.6 is 0 Å². The molecule has 0 saturated heterocycles. The molecule has 5 heteroatoms. The number of rotatable bonds is 6.